The van der Waals surface area contributed by atoms with Gasteiger partial charge in [0, 0.05) is 48.8 Å². The van der Waals surface area contributed by atoms with Crippen LogP contribution in [0.3, 0.4) is 0 Å². The van der Waals surface area contributed by atoms with Crippen molar-refractivity contribution in [3.63, 3.8) is 0 Å². The lowest BCUT2D eigenvalue weighted by molar-refractivity contribution is -0.147. The molecule has 0 aliphatic carbocycles. The van der Waals surface area contributed by atoms with Gasteiger partial charge in [-0.05, 0) is 30.3 Å². The molecule has 1 saturated heterocycles. The van der Waals surface area contributed by atoms with Gasteiger partial charge in [-0.2, -0.15) is 0 Å². The van der Waals surface area contributed by atoms with Crippen molar-refractivity contribution in [2.24, 2.45) is 0 Å². The summed E-state index contributed by atoms with van der Waals surface area (Å²) in [7, 11) is 0. The van der Waals surface area contributed by atoms with Gasteiger partial charge in [0.15, 0.2) is 11.5 Å². The maximum absolute atomic E-state index is 13.5. The number of rotatable bonds is 4. The first kappa shape index (κ1) is 20.3. The van der Waals surface area contributed by atoms with Crippen molar-refractivity contribution in [1.29, 1.82) is 0 Å². The number of carboxylic acids is 1. The standard InChI is InChI=1S/C23H22FN3O5/c24-14-5-6-15-16(12-25-17(15)11-14)21(23(29)30)26-7-9-27(10-8-26)22(28)20-13-31-18-3-1-2-4-19(18)32-20/h1-6,11-12,20-21,25H,7-10,13H2,(H,29,30)/t20-,21+/m0/s1. The van der Waals surface area contributed by atoms with Gasteiger partial charge < -0.3 is 24.5 Å². The van der Waals surface area contributed by atoms with E-state index >= 15 is 0 Å². The SMILES string of the molecule is O=C(O)[C@@H](c1c[nH]c2cc(F)ccc12)N1CCN(C(=O)[C@@H]2COc3ccccc3O2)CC1. The van der Waals surface area contributed by atoms with E-state index in [1.54, 1.807) is 29.3 Å². The molecule has 5 rings (SSSR count). The number of carbonyl (C=O) groups excluding carboxylic acids is 1. The van der Waals surface area contributed by atoms with Gasteiger partial charge in [-0.1, -0.05) is 12.1 Å². The lowest BCUT2D eigenvalue weighted by atomic mass is 10.0. The van der Waals surface area contributed by atoms with E-state index in [4.69, 9.17) is 9.47 Å². The molecule has 1 fully saturated rings. The Morgan fingerprint density at radius 1 is 1.09 bits per heavy atom. The number of hydrogen-bond acceptors (Lipinski definition) is 5. The highest BCUT2D eigenvalue weighted by Crippen LogP contribution is 2.32. The quantitative estimate of drug-likeness (QED) is 0.648. The molecule has 2 aliphatic heterocycles. The van der Waals surface area contributed by atoms with Crippen molar-refractivity contribution >= 4 is 22.8 Å². The van der Waals surface area contributed by atoms with Crippen molar-refractivity contribution < 1.29 is 28.6 Å². The van der Waals surface area contributed by atoms with E-state index in [9.17, 15) is 19.1 Å². The molecular weight excluding hydrogens is 417 g/mol. The summed E-state index contributed by atoms with van der Waals surface area (Å²) in [4.78, 5) is 31.6. The maximum atomic E-state index is 13.5. The van der Waals surface area contributed by atoms with E-state index in [0.717, 1.165) is 0 Å². The van der Waals surface area contributed by atoms with E-state index < -0.39 is 18.1 Å². The third-order valence-electron chi connectivity index (χ3n) is 5.98. The third kappa shape index (κ3) is 3.64. The molecule has 0 saturated carbocycles. The number of halogens is 1. The number of carbonyl (C=O) groups is 2. The third-order valence-corrected chi connectivity index (χ3v) is 5.98. The van der Waals surface area contributed by atoms with E-state index in [0.29, 0.717) is 54.1 Å². The normalized spacial score (nSPS) is 19.7. The number of nitrogens with one attached hydrogen (secondary N) is 1. The molecule has 0 bridgehead atoms. The molecule has 3 heterocycles. The van der Waals surface area contributed by atoms with Crippen LogP contribution in [0, 0.1) is 5.82 Å². The number of hydrogen-bond donors (Lipinski definition) is 2. The van der Waals surface area contributed by atoms with Gasteiger partial charge >= 0.3 is 5.97 Å². The first-order valence-corrected chi connectivity index (χ1v) is 10.4. The molecule has 0 radical (unpaired) electrons. The number of aromatic amines is 1. The molecule has 2 aliphatic rings. The van der Waals surface area contributed by atoms with Crippen molar-refractivity contribution in [2.75, 3.05) is 32.8 Å². The first-order chi connectivity index (χ1) is 15.5. The van der Waals surface area contributed by atoms with Crippen molar-refractivity contribution in [3.05, 3.63) is 60.0 Å². The lowest BCUT2D eigenvalue weighted by Crippen LogP contribution is -2.55. The molecule has 0 spiro atoms. The molecule has 0 unspecified atom stereocenters. The van der Waals surface area contributed by atoms with Crippen LogP contribution in [0.1, 0.15) is 11.6 Å². The molecule has 9 heteroatoms. The minimum absolute atomic E-state index is 0.139. The Balaban J connectivity index is 1.28. The second-order valence-corrected chi connectivity index (χ2v) is 7.90. The van der Waals surface area contributed by atoms with E-state index in [2.05, 4.69) is 4.98 Å². The fraction of sp³-hybridized carbons (Fsp3) is 0.304. The number of para-hydroxylation sites is 2. The monoisotopic (exact) mass is 439 g/mol. The number of benzene rings is 2. The summed E-state index contributed by atoms with van der Waals surface area (Å²) in [5.41, 5.74) is 1.13. The van der Waals surface area contributed by atoms with Crippen LogP contribution in [0.25, 0.3) is 10.9 Å². The average molecular weight is 439 g/mol. The Bertz CT molecular complexity index is 1170. The zero-order chi connectivity index (χ0) is 22.2. The zero-order valence-electron chi connectivity index (χ0n) is 17.2. The number of fused-ring (bicyclic) bond motifs is 2. The Hall–Kier alpha value is -3.59. The predicted octanol–water partition coefficient (Wildman–Crippen LogP) is 2.42. The number of nitrogens with zero attached hydrogens (tertiary/aromatic N) is 2. The summed E-state index contributed by atoms with van der Waals surface area (Å²) in [6.45, 7) is 1.67. The predicted molar refractivity (Wildman–Crippen MR) is 113 cm³/mol. The number of carboxylic acid groups (broad SMARTS) is 1. The van der Waals surface area contributed by atoms with E-state index in [1.165, 1.54) is 12.1 Å². The molecular formula is C23H22FN3O5. The van der Waals surface area contributed by atoms with Crippen LogP contribution in [-0.2, 0) is 9.59 Å². The highest BCUT2D eigenvalue weighted by atomic mass is 19.1. The molecule has 2 atom stereocenters. The van der Waals surface area contributed by atoms with Crippen LogP contribution in [0.4, 0.5) is 4.39 Å². The molecule has 3 aromatic rings. The van der Waals surface area contributed by atoms with Crippen LogP contribution < -0.4 is 9.47 Å². The second-order valence-electron chi connectivity index (χ2n) is 7.90. The molecule has 2 N–H and O–H groups in total. The maximum Gasteiger partial charge on any atom is 0.325 e. The summed E-state index contributed by atoms with van der Waals surface area (Å²) >= 11 is 0. The van der Waals surface area contributed by atoms with Gasteiger partial charge in [0.2, 0.25) is 6.10 Å². The number of ether oxygens (including phenoxy) is 2. The average Bonchev–Trinajstić information content (AvgIpc) is 3.21. The van der Waals surface area contributed by atoms with Crippen LogP contribution in [-0.4, -0.2) is 70.7 Å². The van der Waals surface area contributed by atoms with Gasteiger partial charge in [0.1, 0.15) is 18.5 Å². The van der Waals surface area contributed by atoms with E-state index in [1.807, 2.05) is 17.0 Å². The summed E-state index contributed by atoms with van der Waals surface area (Å²) in [6, 6.07) is 10.6. The highest BCUT2D eigenvalue weighted by molar-refractivity contribution is 5.89. The summed E-state index contributed by atoms with van der Waals surface area (Å²) < 4.78 is 25.0. The van der Waals surface area contributed by atoms with Crippen LogP contribution in [0.2, 0.25) is 0 Å². The number of amides is 1. The van der Waals surface area contributed by atoms with Gasteiger partial charge in [-0.15, -0.1) is 0 Å². The summed E-state index contributed by atoms with van der Waals surface area (Å²) in [5.74, 6) is -0.396. The van der Waals surface area contributed by atoms with Gasteiger partial charge in [-0.25, -0.2) is 4.39 Å². The number of H-pyrrole nitrogens is 1. The number of piperazine rings is 1. The van der Waals surface area contributed by atoms with Crippen molar-refractivity contribution in [1.82, 2.24) is 14.8 Å². The van der Waals surface area contributed by atoms with Crippen molar-refractivity contribution in [3.8, 4) is 11.5 Å². The van der Waals surface area contributed by atoms with Gasteiger partial charge in [-0.3, -0.25) is 14.5 Å². The van der Waals surface area contributed by atoms with Crippen LogP contribution in [0.5, 0.6) is 11.5 Å². The highest BCUT2D eigenvalue weighted by Gasteiger charge is 2.36. The Labute approximate surface area is 183 Å². The van der Waals surface area contributed by atoms with Crippen molar-refractivity contribution in [2.45, 2.75) is 12.1 Å². The van der Waals surface area contributed by atoms with Crippen LogP contribution in [0.15, 0.2) is 48.7 Å². The minimum atomic E-state index is -0.990. The Kier molecular flexibility index (Phi) is 5.18. The lowest BCUT2D eigenvalue weighted by Gasteiger charge is -2.39. The molecule has 8 nitrogen and oxygen atoms in total. The molecule has 1 amide bonds. The first-order valence-electron chi connectivity index (χ1n) is 10.4. The van der Waals surface area contributed by atoms with Gasteiger partial charge in [0.05, 0.1) is 0 Å². The van der Waals surface area contributed by atoms with E-state index in [-0.39, 0.29) is 18.3 Å². The van der Waals surface area contributed by atoms with Gasteiger partial charge in [0.25, 0.3) is 5.91 Å². The summed E-state index contributed by atoms with van der Waals surface area (Å²) in [6.07, 6.45) is 0.890. The zero-order valence-corrected chi connectivity index (χ0v) is 17.2. The number of aromatic nitrogens is 1. The largest absolute Gasteiger partial charge is 0.485 e. The molecule has 2 aromatic carbocycles. The minimum Gasteiger partial charge on any atom is -0.485 e. The second kappa shape index (κ2) is 8.16. The fourth-order valence-corrected chi connectivity index (χ4v) is 4.38. The molecule has 1 aromatic heterocycles. The van der Waals surface area contributed by atoms with Crippen LogP contribution >= 0.6 is 0 Å². The topological polar surface area (TPSA) is 95.1 Å². The Morgan fingerprint density at radius 3 is 2.59 bits per heavy atom. The Morgan fingerprint density at radius 2 is 1.84 bits per heavy atom. The fourth-order valence-electron chi connectivity index (χ4n) is 4.38. The summed E-state index contributed by atoms with van der Waals surface area (Å²) in [5, 5.41) is 10.6. The number of aliphatic carboxylic acids is 1. The smallest absolute Gasteiger partial charge is 0.325 e. The molecule has 166 valence electrons. The molecule has 32 heavy (non-hydrogen) atoms.